The molecule has 0 atom stereocenters. The van der Waals surface area contributed by atoms with Crippen molar-refractivity contribution < 1.29 is 77.7 Å². The van der Waals surface area contributed by atoms with E-state index in [0.717, 1.165) is 0 Å². The Balaban J connectivity index is 0. The summed E-state index contributed by atoms with van der Waals surface area (Å²) in [6.07, 6.45) is 0. The van der Waals surface area contributed by atoms with Crippen molar-refractivity contribution in [1.82, 2.24) is 0 Å². The van der Waals surface area contributed by atoms with Gasteiger partial charge in [-0.05, 0) is 0 Å². The third-order valence-corrected chi connectivity index (χ3v) is 0. The summed E-state index contributed by atoms with van der Waals surface area (Å²) in [4.78, 5) is 0. The van der Waals surface area contributed by atoms with Crippen LogP contribution in [0.15, 0.2) is 0 Å². The van der Waals surface area contributed by atoms with Crippen molar-refractivity contribution in [3.8, 4) is 0 Å². The van der Waals surface area contributed by atoms with Crippen LogP contribution in [0.1, 0.15) is 0 Å². The normalized spacial score (nSPS) is 0. The van der Waals surface area contributed by atoms with Gasteiger partial charge >= 0.3 is 23.9 Å². The Morgan fingerprint density at radius 3 is 1.00 bits per heavy atom. The van der Waals surface area contributed by atoms with Crippen molar-refractivity contribution in [2.45, 2.75) is 0 Å². The van der Waals surface area contributed by atoms with Gasteiger partial charge in [0.2, 0.25) is 0 Å². The molecule has 0 N–H and O–H groups in total. The second-order valence-electron chi connectivity index (χ2n) is 0. The van der Waals surface area contributed by atoms with Gasteiger partial charge in [-0.2, -0.15) is 0 Å². The van der Waals surface area contributed by atoms with E-state index in [-0.39, 0.29) is 102 Å². The number of rotatable bonds is 0. The predicted octanol–water partition coefficient (Wildman–Crippen LogP) is -0.926. The topological polar surface area (TPSA) is 0 Å². The van der Waals surface area contributed by atoms with Crippen molar-refractivity contribution in [2.24, 2.45) is 0 Å². The van der Waals surface area contributed by atoms with E-state index in [2.05, 4.69) is 0 Å². The van der Waals surface area contributed by atoms with Crippen molar-refractivity contribution in [2.75, 3.05) is 0 Å². The van der Waals surface area contributed by atoms with Crippen LogP contribution in [-0.4, -0.2) is 23.9 Å². The zero-order valence-electron chi connectivity index (χ0n) is 2.13. The van der Waals surface area contributed by atoms with Gasteiger partial charge in [-0.3, -0.25) is 0 Å². The molecule has 0 aromatic rings. The first-order valence-corrected chi connectivity index (χ1v) is 0. The molecule has 5 heavy (non-hydrogen) atoms. The number of hydrogen-bond donors (Lipinski definition) is 0. The minimum absolute atomic E-state index is 0. The molecule has 0 fully saturated rings. The molecule has 0 aliphatic heterocycles. The van der Waals surface area contributed by atoms with Crippen molar-refractivity contribution >= 4 is 23.9 Å². The third-order valence-electron chi connectivity index (χ3n) is 0. The summed E-state index contributed by atoms with van der Waals surface area (Å²) in [5.41, 5.74) is 0. The van der Waals surface area contributed by atoms with Crippen molar-refractivity contribution in [3.05, 3.63) is 0 Å². The van der Waals surface area contributed by atoms with Gasteiger partial charge < -0.3 is 0 Å². The Kier molecular flexibility index (Phi) is 219. The van der Waals surface area contributed by atoms with Crippen LogP contribution < -0.4 is 0 Å². The van der Waals surface area contributed by atoms with Crippen LogP contribution in [0, 0.1) is 0 Å². The smallest absolute Gasteiger partial charge is 0 e. The first-order valence-electron chi connectivity index (χ1n) is 0. The molecular formula is H2AgCuNiSnTi. The van der Waals surface area contributed by atoms with Gasteiger partial charge in [-0.25, -0.2) is 0 Å². The van der Waals surface area contributed by atoms with E-state index >= 15 is 0 Å². The van der Waals surface area contributed by atoms with E-state index in [1.165, 1.54) is 0 Å². The molecule has 0 aromatic carbocycles. The largest absolute Gasteiger partial charge is 0 e. The molecule has 0 aliphatic carbocycles. The molecule has 5 heteroatoms. The second kappa shape index (κ2) is 26.7. The van der Waals surface area contributed by atoms with Crippen LogP contribution in [0.5, 0.6) is 0 Å². The molecular weight excluding hydrogens is 397 g/mol. The summed E-state index contributed by atoms with van der Waals surface area (Å²) in [6.45, 7) is 0. The average molecular weight is 399 g/mol. The Labute approximate surface area is 99.7 Å². The zero-order chi connectivity index (χ0) is 0. The maximum Gasteiger partial charge on any atom is 0 e. The molecule has 0 heterocycles. The van der Waals surface area contributed by atoms with Gasteiger partial charge in [0.15, 0.2) is 0 Å². The fourth-order valence-corrected chi connectivity index (χ4v) is 0. The molecule has 0 saturated heterocycles. The summed E-state index contributed by atoms with van der Waals surface area (Å²) < 4.78 is 0. The van der Waals surface area contributed by atoms with E-state index in [1.54, 1.807) is 0 Å². The van der Waals surface area contributed by atoms with Gasteiger partial charge in [0.25, 0.3) is 0 Å². The van der Waals surface area contributed by atoms with Gasteiger partial charge in [-0.15, -0.1) is 0 Å². The molecule has 42 valence electrons. The SMILES string of the molecule is [Ag].[Cu].[Ni].[SnH2].[Ti]. The molecule has 0 aliphatic rings. The van der Waals surface area contributed by atoms with E-state index < -0.39 is 0 Å². The van der Waals surface area contributed by atoms with Gasteiger partial charge in [0.05, 0.1) is 0 Å². The van der Waals surface area contributed by atoms with Gasteiger partial charge in [0, 0.05) is 77.7 Å². The molecule has 0 spiro atoms. The molecule has 0 rings (SSSR count). The quantitative estimate of drug-likeness (QED) is 0.463. The summed E-state index contributed by atoms with van der Waals surface area (Å²) in [5.74, 6) is 0. The molecule has 0 nitrogen and oxygen atoms in total. The van der Waals surface area contributed by atoms with Crippen molar-refractivity contribution in [1.29, 1.82) is 0 Å². The van der Waals surface area contributed by atoms with E-state index in [4.69, 9.17) is 0 Å². The zero-order valence-corrected chi connectivity index (χ0v) is 11.1. The molecule has 0 amide bonds. The van der Waals surface area contributed by atoms with E-state index in [1.807, 2.05) is 0 Å². The van der Waals surface area contributed by atoms with Crippen LogP contribution in [-0.2, 0) is 77.7 Å². The maximum atomic E-state index is 0. The summed E-state index contributed by atoms with van der Waals surface area (Å²) in [7, 11) is 0. The average Bonchev–Trinajstić information content (AvgIpc) is 0. The van der Waals surface area contributed by atoms with Gasteiger partial charge in [-0.1, -0.05) is 0 Å². The Morgan fingerprint density at radius 2 is 1.00 bits per heavy atom. The Morgan fingerprint density at radius 1 is 1.00 bits per heavy atom. The van der Waals surface area contributed by atoms with Gasteiger partial charge in [0.1, 0.15) is 0 Å². The third kappa shape index (κ3) is 18.9. The molecule has 4 radical (unpaired) electrons. The van der Waals surface area contributed by atoms with Crippen molar-refractivity contribution in [3.63, 3.8) is 0 Å². The second-order valence-corrected chi connectivity index (χ2v) is 0. The van der Waals surface area contributed by atoms with Crippen LogP contribution in [0.3, 0.4) is 0 Å². The summed E-state index contributed by atoms with van der Waals surface area (Å²) in [6, 6.07) is 0. The summed E-state index contributed by atoms with van der Waals surface area (Å²) in [5, 5.41) is 0. The van der Waals surface area contributed by atoms with Crippen LogP contribution in [0.4, 0.5) is 0 Å². The minimum atomic E-state index is 0. The minimum Gasteiger partial charge on any atom is 0 e. The standard InChI is InChI=1S/Ag.Cu.Ni.Sn.Ti.2H. The first-order chi connectivity index (χ1) is 0. The monoisotopic (exact) mass is 398 g/mol. The van der Waals surface area contributed by atoms with Crippen LogP contribution in [0.25, 0.3) is 0 Å². The molecule has 0 unspecified atom stereocenters. The molecule has 0 aromatic heterocycles. The fraction of sp³-hybridized carbons (Fsp3) is 0. The fourth-order valence-electron chi connectivity index (χ4n) is 0. The van der Waals surface area contributed by atoms with Crippen LogP contribution in [0.2, 0.25) is 0 Å². The van der Waals surface area contributed by atoms with Crippen LogP contribution >= 0.6 is 0 Å². The summed E-state index contributed by atoms with van der Waals surface area (Å²) >= 11 is 0. The Hall–Kier alpha value is 3.27. The Bertz CT molecular complexity index is 11.6. The molecule has 0 bridgehead atoms. The first kappa shape index (κ1) is 40.9. The van der Waals surface area contributed by atoms with E-state index in [0.29, 0.717) is 0 Å². The predicted molar refractivity (Wildman–Crippen MR) is 8.54 cm³/mol. The number of hydrogen-bond acceptors (Lipinski definition) is 0. The molecule has 0 saturated carbocycles. The maximum absolute atomic E-state index is 0. The van der Waals surface area contributed by atoms with E-state index in [9.17, 15) is 0 Å².